The average molecular weight is 1950 g/mol. The Labute approximate surface area is 821 Å². The minimum absolute atomic E-state index is 0.00423. The van der Waals surface area contributed by atoms with Gasteiger partial charge in [-0.2, -0.15) is 57.9 Å². The fraction of sp³-hybridized carbons (Fsp3) is 0.773. The molecule has 8 fully saturated rings. The molecule has 1 saturated carbocycles. The summed E-state index contributed by atoms with van der Waals surface area (Å²) < 4.78 is 164. The van der Waals surface area contributed by atoms with Crippen LogP contribution in [0.5, 0.6) is 11.5 Å². The van der Waals surface area contributed by atoms with Crippen LogP contribution in [0.25, 0.3) is 0 Å². The molecule has 0 amide bonds. The zero-order valence-corrected chi connectivity index (χ0v) is 88.4. The smallest absolute Gasteiger partial charge is 0.401 e. The molecule has 7 aliphatic heterocycles. The lowest BCUT2D eigenvalue weighted by Gasteiger charge is -2.48. The lowest BCUT2D eigenvalue weighted by atomic mass is 9.74. The summed E-state index contributed by atoms with van der Waals surface area (Å²) in [6.07, 6.45) is 1.95. The fourth-order valence-corrected chi connectivity index (χ4v) is 20.9. The number of nitrogens with zero attached hydrogens (tertiary/aromatic N) is 13. The van der Waals surface area contributed by atoms with Gasteiger partial charge in [-0.3, -0.25) is 53.9 Å². The van der Waals surface area contributed by atoms with Crippen molar-refractivity contribution in [2.45, 2.75) is 387 Å². The van der Waals surface area contributed by atoms with E-state index < -0.39 is 50.6 Å². The van der Waals surface area contributed by atoms with Gasteiger partial charge >= 0.3 is 24.7 Å². The van der Waals surface area contributed by atoms with Crippen molar-refractivity contribution in [3.05, 3.63) is 132 Å². The van der Waals surface area contributed by atoms with Crippen molar-refractivity contribution in [1.82, 2.24) is 58.8 Å². The monoisotopic (exact) mass is 1940 g/mol. The van der Waals surface area contributed by atoms with Gasteiger partial charge in [0.1, 0.15) is 11.5 Å². The molecule has 1 aliphatic carbocycles. The quantitative estimate of drug-likeness (QED) is 0.0531. The highest BCUT2D eigenvalue weighted by Crippen LogP contribution is 2.40. The number of halogens is 12. The number of alkyl halides is 12. The third kappa shape index (κ3) is 44.1. The third-order valence-electron chi connectivity index (χ3n) is 29.6. The summed E-state index contributed by atoms with van der Waals surface area (Å²) in [6.45, 7) is 60.4. The Morgan fingerprint density at radius 2 is 0.650 bits per heavy atom. The summed E-state index contributed by atoms with van der Waals surface area (Å²) >= 11 is 0. The van der Waals surface area contributed by atoms with E-state index in [0.717, 1.165) is 165 Å². The lowest BCUT2D eigenvalue weighted by Crippen LogP contribution is -2.55. The number of para-hydroxylation sites is 1. The molecule has 7 saturated heterocycles. The number of piperidine rings is 6. The van der Waals surface area contributed by atoms with E-state index in [2.05, 4.69) is 220 Å². The van der Waals surface area contributed by atoms with E-state index in [9.17, 15) is 57.9 Å². The first-order chi connectivity index (χ1) is 63.7. The van der Waals surface area contributed by atoms with Crippen molar-refractivity contribution < 1.29 is 62.2 Å². The molecular weight excluding hydrogens is 1760 g/mol. The number of ether oxygens (including phenoxy) is 2. The van der Waals surface area contributed by atoms with Gasteiger partial charge in [0.25, 0.3) is 0 Å². The molecule has 137 heavy (non-hydrogen) atoms. The molecule has 15 nitrogen and oxygen atoms in total. The number of hydrogen-bond donors (Lipinski definition) is 0. The highest BCUT2D eigenvalue weighted by molar-refractivity contribution is 5.33. The van der Waals surface area contributed by atoms with Crippen LogP contribution >= 0.6 is 0 Å². The number of hydrogen-bond acceptors (Lipinski definition) is 15. The molecule has 4 aromatic rings. The van der Waals surface area contributed by atoms with Crippen LogP contribution in [0.4, 0.5) is 52.7 Å². The minimum Gasteiger partial charge on any atom is -0.457 e. The molecule has 0 aromatic heterocycles. The zero-order chi connectivity index (χ0) is 102. The van der Waals surface area contributed by atoms with Crippen LogP contribution in [0.15, 0.2) is 115 Å². The first kappa shape index (κ1) is 119. The van der Waals surface area contributed by atoms with E-state index >= 15 is 0 Å². The molecule has 7 heterocycles. The molecule has 8 aliphatic rings. The average Bonchev–Trinajstić information content (AvgIpc) is 0.795. The topological polar surface area (TPSA) is 81.1 Å². The summed E-state index contributed by atoms with van der Waals surface area (Å²) in [4.78, 5) is 27.2. The molecule has 0 atom stereocenters. The second-order valence-corrected chi connectivity index (χ2v) is 47.1. The lowest BCUT2D eigenvalue weighted by molar-refractivity contribution is -0.155. The molecule has 0 bridgehead atoms. The van der Waals surface area contributed by atoms with Gasteiger partial charge in [0.05, 0.1) is 50.6 Å². The summed E-state index contributed by atoms with van der Waals surface area (Å²) in [6, 6.07) is 42.2. The van der Waals surface area contributed by atoms with Crippen LogP contribution < -0.4 is 4.74 Å². The van der Waals surface area contributed by atoms with Crippen LogP contribution in [0.1, 0.15) is 290 Å². The van der Waals surface area contributed by atoms with Crippen LogP contribution in [0, 0.1) is 22.2 Å². The maximum atomic E-state index is 13.0. The van der Waals surface area contributed by atoms with Crippen molar-refractivity contribution in [2.24, 2.45) is 10.8 Å². The zero-order valence-electron chi connectivity index (χ0n) is 88.4. The standard InChI is InChI=1S/C23H32N2O.C19H29F3N2.C18H27F3N2.C18H33N3.C17H31F3N2O.C15H29F3N2/c1-23(2,3)25-16-14-20(15-17-25)24(4)18-19-10-12-22(13-11-19)26-21-8-6-5-7-9-21;1-18(2,3)24-12-9-17(10-13-24)23(14-11-19(20,21)22)15-16-7-5-4-6-8-16;1-17(2,3)23-11-9-16(10-12-23)22(14-18(19,20)21)13-15-7-5-4-6-8-15;1-17(2,3)21-12-8-16(9-13-21)20(4)15-18(14-19)10-6-5-7-11-18;1-15(2,3)22-8-5-14(6-9-22)21(10-7-17(18,19)20)11-16(4)12-23-13-16;1-5-6-9-19(12-15(16,17)18)13-7-10-20(11-8-13)14(2,3)4/h5-13,20H,14-18H2,1-4H3;4-8,17H,9-15H2,1-3H3;4-8,16H,9-14H2,1-3H3;16H,5-13,15H2,1-4H3;14H,5-13H2,1-4H3;13H,5-12H2,1-4H3. The van der Waals surface area contributed by atoms with Gasteiger partial charge in [0.2, 0.25) is 0 Å². The SMILES string of the molecule is CC(C)(C)N1CCC(N(CCC(F)(F)F)Cc2ccccc2)CC1.CC(C)(C)N1CCC(N(Cc2ccccc2)CC(F)(F)F)CC1.CC1(CN(CCC(F)(F)F)C2CCN(C(C)(C)C)CC2)COC1.CCCCN(CC(F)(F)F)C1CCN(C(C)(C)C)CC1.CN(CC1(C#N)CCCCC1)C1CCN(C(C)(C)C)CC1.CN(Cc1ccc(Oc2ccccc2)cc1)C1CCN(C(C)(C)C)CC1. The highest BCUT2D eigenvalue weighted by atomic mass is 19.4. The predicted octanol–water partition coefficient (Wildman–Crippen LogP) is 25.3. The predicted molar refractivity (Wildman–Crippen MR) is 538 cm³/mol. The normalized spacial score (nSPS) is 20.3. The van der Waals surface area contributed by atoms with Gasteiger partial charge in [-0.1, -0.05) is 131 Å². The van der Waals surface area contributed by atoms with Gasteiger partial charge < -0.3 is 14.4 Å². The molecule has 0 unspecified atom stereocenters. The van der Waals surface area contributed by atoms with Crippen LogP contribution in [0.2, 0.25) is 0 Å². The molecule has 0 N–H and O–H groups in total. The molecule has 12 rings (SSSR count). The van der Waals surface area contributed by atoms with E-state index in [4.69, 9.17) is 9.47 Å². The number of nitriles is 1. The van der Waals surface area contributed by atoms with Crippen molar-refractivity contribution in [1.29, 1.82) is 5.26 Å². The Hall–Kier alpha value is -5.19. The number of rotatable bonds is 27. The third-order valence-corrected chi connectivity index (χ3v) is 29.6. The van der Waals surface area contributed by atoms with Crippen molar-refractivity contribution >= 4 is 0 Å². The second kappa shape index (κ2) is 53.6. The summed E-state index contributed by atoms with van der Waals surface area (Å²) in [5.74, 6) is 1.77. The first-order valence-electron chi connectivity index (χ1n) is 51.7. The van der Waals surface area contributed by atoms with E-state index in [1.807, 2.05) is 103 Å². The molecule has 4 aromatic carbocycles. The van der Waals surface area contributed by atoms with Crippen LogP contribution in [-0.2, 0) is 24.4 Å². The second-order valence-electron chi connectivity index (χ2n) is 47.1. The van der Waals surface area contributed by atoms with Crippen molar-refractivity contribution in [2.75, 3.05) is 152 Å². The molecule has 0 spiro atoms. The van der Waals surface area contributed by atoms with Crippen molar-refractivity contribution in [3.63, 3.8) is 0 Å². The summed E-state index contributed by atoms with van der Waals surface area (Å²) in [5, 5.41) is 9.65. The Kier molecular flexibility index (Phi) is 46.5. The summed E-state index contributed by atoms with van der Waals surface area (Å²) in [5.41, 5.74) is 4.36. The molecule has 782 valence electrons. The summed E-state index contributed by atoms with van der Waals surface area (Å²) in [7, 11) is 4.50. The van der Waals surface area contributed by atoms with Gasteiger partial charge in [-0.05, 0) is 283 Å². The molecule has 0 radical (unpaired) electrons. The number of unbranched alkanes of at least 4 members (excludes halogenated alkanes) is 1. The van der Waals surface area contributed by atoms with Crippen LogP contribution in [0.3, 0.4) is 0 Å². The maximum absolute atomic E-state index is 13.0. The van der Waals surface area contributed by atoms with Crippen LogP contribution in [-0.4, -0.2) is 305 Å². The first-order valence-corrected chi connectivity index (χ1v) is 51.7. The number of likely N-dealkylation sites (tertiary alicyclic amines) is 6. The van der Waals surface area contributed by atoms with E-state index in [1.54, 1.807) is 9.80 Å². The molecular formula is C110H181F12N13O2. The van der Waals surface area contributed by atoms with E-state index in [1.165, 1.54) is 76.7 Å². The molecule has 27 heteroatoms. The Bertz CT molecular complexity index is 3960. The largest absolute Gasteiger partial charge is 0.457 e. The highest BCUT2D eigenvalue weighted by Gasteiger charge is 2.44. The van der Waals surface area contributed by atoms with E-state index in [-0.39, 0.29) is 75.8 Å². The number of benzene rings is 4. The Morgan fingerprint density at radius 3 is 0.978 bits per heavy atom. The van der Waals surface area contributed by atoms with Crippen molar-refractivity contribution in [3.8, 4) is 17.6 Å². The minimum atomic E-state index is -4.16. The Balaban J connectivity index is 0.000000224. The van der Waals surface area contributed by atoms with Gasteiger partial charge in [0, 0.05) is 199 Å². The maximum Gasteiger partial charge on any atom is 0.401 e. The fourth-order valence-electron chi connectivity index (χ4n) is 20.9. The van der Waals surface area contributed by atoms with Gasteiger partial charge in [-0.25, -0.2) is 0 Å². The van der Waals surface area contributed by atoms with Gasteiger partial charge in [-0.15, -0.1) is 0 Å². The van der Waals surface area contributed by atoms with E-state index in [0.29, 0.717) is 57.0 Å². The van der Waals surface area contributed by atoms with Gasteiger partial charge in [0.15, 0.2) is 0 Å². The Morgan fingerprint density at radius 1 is 0.350 bits per heavy atom.